The molecule has 0 fully saturated rings. The van der Waals surface area contributed by atoms with Crippen LogP contribution in [-0.4, -0.2) is 11.5 Å². The summed E-state index contributed by atoms with van der Waals surface area (Å²) in [4.78, 5) is 2.43. The number of anilines is 1. The molecule has 0 bridgehead atoms. The largest absolute Gasteiger partial charge is 0.380 e. The van der Waals surface area contributed by atoms with E-state index in [1.807, 2.05) is 0 Å². The Balaban J connectivity index is 2.11. The highest BCUT2D eigenvalue weighted by Gasteiger charge is 2.20. The average Bonchev–Trinajstić information content (AvgIpc) is 2.42. The van der Waals surface area contributed by atoms with Crippen molar-refractivity contribution in [1.82, 2.24) is 4.98 Å². The van der Waals surface area contributed by atoms with Crippen molar-refractivity contribution in [2.24, 2.45) is 0 Å². The SMILES string of the molecule is Fc1ccccc1CCNc1c(F)c(F)nc(F)c1F. The number of nitrogens with one attached hydrogen (secondary N) is 1. The van der Waals surface area contributed by atoms with E-state index in [0.717, 1.165) is 0 Å². The summed E-state index contributed by atoms with van der Waals surface area (Å²) in [5.74, 6) is -7.17. The van der Waals surface area contributed by atoms with E-state index in [1.165, 1.54) is 18.2 Å². The number of pyridine rings is 1. The molecule has 2 nitrogen and oxygen atoms in total. The Hall–Kier alpha value is -2.18. The summed E-state index contributed by atoms with van der Waals surface area (Å²) in [7, 11) is 0. The normalized spacial score (nSPS) is 10.7. The van der Waals surface area contributed by atoms with Crippen molar-refractivity contribution in [2.75, 3.05) is 11.9 Å². The molecule has 1 aromatic heterocycles. The summed E-state index contributed by atoms with van der Waals surface area (Å²) in [6.45, 7) is -0.0995. The zero-order valence-corrected chi connectivity index (χ0v) is 10.1. The van der Waals surface area contributed by atoms with Gasteiger partial charge in [0.2, 0.25) is 11.6 Å². The minimum Gasteiger partial charge on any atom is -0.380 e. The Kier molecular flexibility index (Phi) is 4.16. The zero-order valence-electron chi connectivity index (χ0n) is 10.1. The molecule has 0 amide bonds. The van der Waals surface area contributed by atoms with Gasteiger partial charge in [-0.05, 0) is 18.1 Å². The highest BCUT2D eigenvalue weighted by molar-refractivity contribution is 5.45. The van der Waals surface area contributed by atoms with Crippen molar-refractivity contribution in [2.45, 2.75) is 6.42 Å². The second-order valence-corrected chi connectivity index (χ2v) is 3.96. The number of benzene rings is 1. The van der Waals surface area contributed by atoms with Gasteiger partial charge in [-0.25, -0.2) is 4.39 Å². The monoisotopic (exact) mass is 288 g/mol. The van der Waals surface area contributed by atoms with Gasteiger partial charge in [0.25, 0.3) is 11.9 Å². The van der Waals surface area contributed by atoms with Crippen LogP contribution in [0.3, 0.4) is 0 Å². The van der Waals surface area contributed by atoms with Crippen LogP contribution in [0.2, 0.25) is 0 Å². The fraction of sp³-hybridized carbons (Fsp3) is 0.154. The van der Waals surface area contributed by atoms with Gasteiger partial charge in [0.05, 0.1) is 0 Å². The Morgan fingerprint density at radius 2 is 1.50 bits per heavy atom. The quantitative estimate of drug-likeness (QED) is 0.688. The summed E-state index contributed by atoms with van der Waals surface area (Å²) < 4.78 is 65.5. The first-order valence-corrected chi connectivity index (χ1v) is 5.68. The molecule has 1 aromatic carbocycles. The number of nitrogens with zero attached hydrogens (tertiary/aromatic N) is 1. The van der Waals surface area contributed by atoms with Crippen molar-refractivity contribution >= 4 is 5.69 Å². The molecule has 0 unspecified atom stereocenters. The molecule has 2 aromatic rings. The van der Waals surface area contributed by atoms with Crippen molar-refractivity contribution in [3.05, 3.63) is 59.2 Å². The van der Waals surface area contributed by atoms with E-state index in [4.69, 9.17) is 0 Å². The summed E-state index contributed by atoms with van der Waals surface area (Å²) >= 11 is 0. The second-order valence-electron chi connectivity index (χ2n) is 3.96. The summed E-state index contributed by atoms with van der Waals surface area (Å²) in [5.41, 5.74) is -0.637. The van der Waals surface area contributed by atoms with Gasteiger partial charge in [0.15, 0.2) is 0 Å². The molecular weight excluding hydrogens is 279 g/mol. The van der Waals surface area contributed by atoms with Crippen LogP contribution in [0.4, 0.5) is 27.6 Å². The molecule has 0 aliphatic rings. The fourth-order valence-electron chi connectivity index (χ4n) is 1.67. The lowest BCUT2D eigenvalue weighted by Crippen LogP contribution is -2.12. The molecule has 0 aliphatic heterocycles. The minimum atomic E-state index is -1.74. The second kappa shape index (κ2) is 5.85. The maximum absolute atomic E-state index is 13.3. The third-order valence-electron chi connectivity index (χ3n) is 2.65. The number of hydrogen-bond acceptors (Lipinski definition) is 2. The van der Waals surface area contributed by atoms with Gasteiger partial charge < -0.3 is 5.32 Å². The molecular formula is C13H9F5N2. The van der Waals surface area contributed by atoms with Crippen LogP contribution >= 0.6 is 0 Å². The topological polar surface area (TPSA) is 24.9 Å². The maximum atomic E-state index is 13.3. The standard InChI is InChI=1S/C13H9F5N2/c14-8-4-2-1-3-7(8)5-6-19-11-9(15)12(17)20-13(18)10(11)16/h1-4H,5-6H2,(H,19,20). The lowest BCUT2D eigenvalue weighted by atomic mass is 10.1. The first-order valence-electron chi connectivity index (χ1n) is 5.68. The highest BCUT2D eigenvalue weighted by Crippen LogP contribution is 2.22. The van der Waals surface area contributed by atoms with Crippen LogP contribution in [0.25, 0.3) is 0 Å². The lowest BCUT2D eigenvalue weighted by molar-refractivity contribution is 0.410. The summed E-state index contributed by atoms with van der Waals surface area (Å²) in [6.07, 6.45) is 0.0944. The van der Waals surface area contributed by atoms with Crippen LogP contribution in [0, 0.1) is 29.3 Å². The molecule has 0 saturated heterocycles. The number of halogens is 5. The molecule has 2 rings (SSSR count). The summed E-state index contributed by atoms with van der Waals surface area (Å²) in [5, 5.41) is 2.20. The van der Waals surface area contributed by atoms with Gasteiger partial charge in [-0.15, -0.1) is 0 Å². The Morgan fingerprint density at radius 1 is 0.900 bits per heavy atom. The smallest absolute Gasteiger partial charge is 0.253 e. The molecule has 1 heterocycles. The van der Waals surface area contributed by atoms with Crippen LogP contribution in [-0.2, 0) is 6.42 Å². The van der Waals surface area contributed by atoms with Crippen LogP contribution in [0.1, 0.15) is 5.56 Å². The number of hydrogen-bond donors (Lipinski definition) is 1. The highest BCUT2D eigenvalue weighted by atomic mass is 19.2. The number of aromatic nitrogens is 1. The Bertz CT molecular complexity index is 604. The molecule has 0 atom stereocenters. The van der Waals surface area contributed by atoms with Gasteiger partial charge in [-0.3, -0.25) is 0 Å². The van der Waals surface area contributed by atoms with Gasteiger partial charge in [-0.2, -0.15) is 22.5 Å². The molecule has 7 heteroatoms. The molecule has 0 radical (unpaired) electrons. The minimum absolute atomic E-state index is 0.0944. The average molecular weight is 288 g/mol. The van der Waals surface area contributed by atoms with Gasteiger partial charge in [0, 0.05) is 6.54 Å². The molecule has 20 heavy (non-hydrogen) atoms. The lowest BCUT2D eigenvalue weighted by Gasteiger charge is -2.09. The van der Waals surface area contributed by atoms with E-state index in [0.29, 0.717) is 5.56 Å². The van der Waals surface area contributed by atoms with Crippen molar-refractivity contribution in [1.29, 1.82) is 0 Å². The van der Waals surface area contributed by atoms with E-state index < -0.39 is 35.0 Å². The molecule has 1 N–H and O–H groups in total. The van der Waals surface area contributed by atoms with Gasteiger partial charge in [0.1, 0.15) is 11.5 Å². The third kappa shape index (κ3) is 2.87. The van der Waals surface area contributed by atoms with E-state index in [9.17, 15) is 22.0 Å². The maximum Gasteiger partial charge on any atom is 0.253 e. The Labute approximate surface area is 111 Å². The van der Waals surface area contributed by atoms with E-state index in [-0.39, 0.29) is 13.0 Å². The molecule has 106 valence electrons. The first-order chi connectivity index (χ1) is 9.50. The van der Waals surface area contributed by atoms with Crippen molar-refractivity contribution in [3.63, 3.8) is 0 Å². The molecule has 0 aliphatic carbocycles. The van der Waals surface area contributed by atoms with E-state index in [1.54, 1.807) is 6.07 Å². The fourth-order valence-corrected chi connectivity index (χ4v) is 1.67. The van der Waals surface area contributed by atoms with E-state index in [2.05, 4.69) is 10.3 Å². The van der Waals surface area contributed by atoms with Gasteiger partial charge in [-0.1, -0.05) is 18.2 Å². The van der Waals surface area contributed by atoms with E-state index >= 15 is 0 Å². The first kappa shape index (κ1) is 14.2. The van der Waals surface area contributed by atoms with Crippen LogP contribution in [0.15, 0.2) is 24.3 Å². The summed E-state index contributed by atoms with van der Waals surface area (Å²) in [6, 6.07) is 5.84. The van der Waals surface area contributed by atoms with Crippen molar-refractivity contribution in [3.8, 4) is 0 Å². The van der Waals surface area contributed by atoms with Gasteiger partial charge >= 0.3 is 0 Å². The molecule has 0 spiro atoms. The van der Waals surface area contributed by atoms with Crippen LogP contribution < -0.4 is 5.32 Å². The molecule has 0 saturated carbocycles. The predicted octanol–water partition coefficient (Wildman–Crippen LogP) is 3.43. The predicted molar refractivity (Wildman–Crippen MR) is 62.7 cm³/mol. The Morgan fingerprint density at radius 3 is 2.10 bits per heavy atom. The van der Waals surface area contributed by atoms with Crippen LogP contribution in [0.5, 0.6) is 0 Å². The number of rotatable bonds is 4. The zero-order chi connectivity index (χ0) is 14.7. The third-order valence-corrected chi connectivity index (χ3v) is 2.65. The van der Waals surface area contributed by atoms with Crippen molar-refractivity contribution < 1.29 is 22.0 Å².